The van der Waals surface area contributed by atoms with Gasteiger partial charge in [0.1, 0.15) is 5.75 Å². The van der Waals surface area contributed by atoms with Gasteiger partial charge < -0.3 is 14.5 Å². The van der Waals surface area contributed by atoms with Crippen LogP contribution in [0.25, 0.3) is 0 Å². The van der Waals surface area contributed by atoms with Gasteiger partial charge in [-0.3, -0.25) is 0 Å². The summed E-state index contributed by atoms with van der Waals surface area (Å²) in [5, 5.41) is 0. The molecule has 0 N–H and O–H groups in total. The van der Waals surface area contributed by atoms with E-state index in [1.807, 2.05) is 37.4 Å². The number of likely N-dealkylation sites (N-methyl/N-ethyl adjacent to an activating group) is 1. The minimum absolute atomic E-state index is 0.181. The smallest absolute Gasteiger partial charge is 0.406 e. The van der Waals surface area contributed by atoms with Crippen LogP contribution in [0.1, 0.15) is 5.56 Å². The highest BCUT2D eigenvalue weighted by Crippen LogP contribution is 2.34. The fourth-order valence-corrected chi connectivity index (χ4v) is 2.79. The third-order valence-corrected chi connectivity index (χ3v) is 3.79. The Morgan fingerprint density at radius 1 is 1.00 bits per heavy atom. The molecule has 0 radical (unpaired) electrons. The van der Waals surface area contributed by atoms with Crippen molar-refractivity contribution in [3.63, 3.8) is 0 Å². The van der Waals surface area contributed by atoms with Crippen molar-refractivity contribution in [2.24, 2.45) is 0 Å². The summed E-state index contributed by atoms with van der Waals surface area (Å²) in [6, 6.07) is 14.4. The molecule has 2 aromatic rings. The summed E-state index contributed by atoms with van der Waals surface area (Å²) >= 11 is 0. The zero-order valence-corrected chi connectivity index (χ0v) is 12.7. The average Bonchev–Trinajstić information content (AvgIpc) is 2.64. The number of benzene rings is 2. The van der Waals surface area contributed by atoms with Gasteiger partial charge >= 0.3 is 6.36 Å². The molecule has 23 heavy (non-hydrogen) atoms. The molecule has 1 aliphatic heterocycles. The van der Waals surface area contributed by atoms with Crippen molar-refractivity contribution in [1.82, 2.24) is 4.90 Å². The molecule has 2 aromatic carbocycles. The van der Waals surface area contributed by atoms with Gasteiger partial charge in [0.05, 0.1) is 0 Å². The Hall–Kier alpha value is -2.21. The first-order chi connectivity index (χ1) is 10.9. The molecule has 3 rings (SSSR count). The fourth-order valence-electron chi connectivity index (χ4n) is 2.79. The van der Waals surface area contributed by atoms with Gasteiger partial charge in [-0.2, -0.15) is 0 Å². The third-order valence-electron chi connectivity index (χ3n) is 3.79. The standard InChI is InChI=1S/C17H17F3N2O/c1-21-9-10-22(14-5-3-2-4-6-14)16-8-7-15(11-13(16)12-21)23-17(18,19)20/h2-8,11H,9-10,12H2,1H3. The fraction of sp³-hybridized carbons (Fsp3) is 0.294. The van der Waals surface area contributed by atoms with Crippen molar-refractivity contribution in [2.45, 2.75) is 12.9 Å². The van der Waals surface area contributed by atoms with Crippen molar-refractivity contribution in [1.29, 1.82) is 0 Å². The highest BCUT2D eigenvalue weighted by molar-refractivity contribution is 5.68. The van der Waals surface area contributed by atoms with Crippen LogP contribution in [0, 0.1) is 0 Å². The number of anilines is 2. The van der Waals surface area contributed by atoms with Crippen molar-refractivity contribution in [3.8, 4) is 5.75 Å². The van der Waals surface area contributed by atoms with Crippen LogP contribution in [0.3, 0.4) is 0 Å². The Morgan fingerprint density at radius 2 is 1.74 bits per heavy atom. The molecule has 6 heteroatoms. The topological polar surface area (TPSA) is 15.7 Å². The zero-order chi connectivity index (χ0) is 16.4. The van der Waals surface area contributed by atoms with Gasteiger partial charge in [-0.15, -0.1) is 13.2 Å². The average molecular weight is 322 g/mol. The Labute approximate surface area is 132 Å². The summed E-state index contributed by atoms with van der Waals surface area (Å²) in [6.45, 7) is 2.17. The summed E-state index contributed by atoms with van der Waals surface area (Å²) in [4.78, 5) is 4.20. The van der Waals surface area contributed by atoms with Crippen LogP contribution in [-0.2, 0) is 6.54 Å². The second-order valence-electron chi connectivity index (χ2n) is 5.56. The maximum absolute atomic E-state index is 12.4. The molecular weight excluding hydrogens is 305 g/mol. The lowest BCUT2D eigenvalue weighted by Gasteiger charge is -2.25. The Bertz CT molecular complexity index is 673. The van der Waals surface area contributed by atoms with E-state index in [1.54, 1.807) is 6.07 Å². The van der Waals surface area contributed by atoms with Crippen LogP contribution in [0.5, 0.6) is 5.75 Å². The summed E-state index contributed by atoms with van der Waals surface area (Å²) in [6.07, 6.45) is -4.68. The number of fused-ring (bicyclic) bond motifs is 1. The van der Waals surface area contributed by atoms with Gasteiger partial charge in [-0.05, 0) is 42.9 Å². The van der Waals surface area contributed by atoms with E-state index in [9.17, 15) is 13.2 Å². The Morgan fingerprint density at radius 3 is 2.43 bits per heavy atom. The number of para-hydroxylation sites is 1. The first-order valence-corrected chi connectivity index (χ1v) is 7.32. The minimum atomic E-state index is -4.68. The van der Waals surface area contributed by atoms with Gasteiger partial charge in [0.25, 0.3) is 0 Å². The summed E-state index contributed by atoms with van der Waals surface area (Å²) in [5.74, 6) is -0.181. The summed E-state index contributed by atoms with van der Waals surface area (Å²) in [5.41, 5.74) is 2.75. The van der Waals surface area contributed by atoms with Gasteiger partial charge in [-0.1, -0.05) is 18.2 Å². The molecule has 0 aliphatic carbocycles. The van der Waals surface area contributed by atoms with Crippen molar-refractivity contribution in [2.75, 3.05) is 25.0 Å². The third kappa shape index (κ3) is 3.76. The van der Waals surface area contributed by atoms with Gasteiger partial charge in [0, 0.05) is 31.0 Å². The first kappa shape index (κ1) is 15.7. The molecule has 0 amide bonds. The number of ether oxygens (including phenoxy) is 1. The van der Waals surface area contributed by atoms with Gasteiger partial charge in [0.15, 0.2) is 0 Å². The number of hydrogen-bond donors (Lipinski definition) is 0. The lowest BCUT2D eigenvalue weighted by molar-refractivity contribution is -0.274. The molecule has 1 aliphatic rings. The van der Waals surface area contributed by atoms with E-state index in [-0.39, 0.29) is 5.75 Å². The van der Waals surface area contributed by atoms with E-state index < -0.39 is 6.36 Å². The molecule has 0 spiro atoms. The zero-order valence-electron chi connectivity index (χ0n) is 12.7. The van der Waals surface area contributed by atoms with E-state index in [1.165, 1.54) is 12.1 Å². The molecule has 0 saturated carbocycles. The molecule has 0 atom stereocenters. The first-order valence-electron chi connectivity index (χ1n) is 7.32. The Balaban J connectivity index is 1.99. The number of hydrogen-bond acceptors (Lipinski definition) is 3. The quantitative estimate of drug-likeness (QED) is 0.825. The molecule has 0 fully saturated rings. The van der Waals surface area contributed by atoms with Crippen LogP contribution >= 0.6 is 0 Å². The molecule has 0 unspecified atom stereocenters. The van der Waals surface area contributed by atoms with Gasteiger partial charge in [-0.25, -0.2) is 0 Å². The van der Waals surface area contributed by atoms with Crippen LogP contribution in [0.15, 0.2) is 48.5 Å². The maximum Gasteiger partial charge on any atom is 0.573 e. The Kier molecular flexibility index (Phi) is 4.17. The predicted molar refractivity (Wildman–Crippen MR) is 82.9 cm³/mol. The number of halogens is 3. The van der Waals surface area contributed by atoms with E-state index in [4.69, 9.17) is 0 Å². The second-order valence-corrected chi connectivity index (χ2v) is 5.56. The molecule has 122 valence electrons. The van der Waals surface area contributed by atoms with Gasteiger partial charge in [0.2, 0.25) is 0 Å². The summed E-state index contributed by atoms with van der Waals surface area (Å²) in [7, 11) is 1.95. The molecule has 0 bridgehead atoms. The van der Waals surface area contributed by atoms with Crippen LogP contribution in [0.4, 0.5) is 24.5 Å². The van der Waals surface area contributed by atoms with Crippen molar-refractivity contribution in [3.05, 3.63) is 54.1 Å². The highest BCUT2D eigenvalue weighted by Gasteiger charge is 2.31. The lowest BCUT2D eigenvalue weighted by Crippen LogP contribution is -2.26. The van der Waals surface area contributed by atoms with Crippen LogP contribution < -0.4 is 9.64 Å². The van der Waals surface area contributed by atoms with E-state index in [0.29, 0.717) is 6.54 Å². The normalized spacial score (nSPS) is 15.9. The minimum Gasteiger partial charge on any atom is -0.406 e. The summed E-state index contributed by atoms with van der Waals surface area (Å²) < 4.78 is 41.3. The predicted octanol–water partition coefficient (Wildman–Crippen LogP) is 4.17. The molecule has 3 nitrogen and oxygen atoms in total. The monoisotopic (exact) mass is 322 g/mol. The molecular formula is C17H17F3N2O. The van der Waals surface area contributed by atoms with Crippen LogP contribution in [0.2, 0.25) is 0 Å². The number of alkyl halides is 3. The number of rotatable bonds is 2. The molecule has 0 saturated heterocycles. The number of nitrogens with zero attached hydrogens (tertiary/aromatic N) is 2. The maximum atomic E-state index is 12.4. The molecule has 0 aromatic heterocycles. The van der Waals surface area contributed by atoms with Crippen LogP contribution in [-0.4, -0.2) is 31.4 Å². The largest absolute Gasteiger partial charge is 0.573 e. The van der Waals surface area contributed by atoms with E-state index >= 15 is 0 Å². The van der Waals surface area contributed by atoms with Crippen molar-refractivity contribution >= 4 is 11.4 Å². The van der Waals surface area contributed by atoms with E-state index in [0.717, 1.165) is 30.0 Å². The molecule has 1 heterocycles. The second kappa shape index (κ2) is 6.12. The lowest BCUT2D eigenvalue weighted by atomic mass is 10.1. The highest BCUT2D eigenvalue weighted by atomic mass is 19.4. The van der Waals surface area contributed by atoms with E-state index in [2.05, 4.69) is 14.5 Å². The van der Waals surface area contributed by atoms with Crippen molar-refractivity contribution < 1.29 is 17.9 Å². The SMILES string of the molecule is CN1CCN(c2ccccc2)c2ccc(OC(F)(F)F)cc2C1.